The van der Waals surface area contributed by atoms with Gasteiger partial charge >= 0.3 is 0 Å². The van der Waals surface area contributed by atoms with Crippen LogP contribution in [0.1, 0.15) is 11.1 Å². The van der Waals surface area contributed by atoms with Crippen molar-refractivity contribution in [2.24, 2.45) is 5.73 Å². The summed E-state index contributed by atoms with van der Waals surface area (Å²) in [5.41, 5.74) is 8.31. The third-order valence-electron chi connectivity index (χ3n) is 4.52. The van der Waals surface area contributed by atoms with Crippen LogP contribution in [0, 0.1) is 0 Å². The van der Waals surface area contributed by atoms with Gasteiger partial charge in [-0.1, -0.05) is 60.7 Å². The number of rotatable bonds is 14. The predicted octanol–water partition coefficient (Wildman–Crippen LogP) is 1.91. The molecule has 4 heteroatoms. The molecule has 4 N–H and O–H groups in total. The molecule has 142 valence electrons. The van der Waals surface area contributed by atoms with Gasteiger partial charge in [-0.2, -0.15) is 0 Å². The fourth-order valence-electron chi connectivity index (χ4n) is 2.97. The first-order valence-corrected chi connectivity index (χ1v) is 9.80. The predicted molar refractivity (Wildman–Crippen MR) is 112 cm³/mol. The summed E-state index contributed by atoms with van der Waals surface area (Å²) < 4.78 is 0. The van der Waals surface area contributed by atoms with E-state index in [-0.39, 0.29) is 0 Å². The van der Waals surface area contributed by atoms with Crippen LogP contribution in [0.4, 0.5) is 0 Å². The van der Waals surface area contributed by atoms with Gasteiger partial charge in [-0.15, -0.1) is 0 Å². The monoisotopic (exact) mass is 354 g/mol. The highest BCUT2D eigenvalue weighted by Gasteiger charge is 2.06. The van der Waals surface area contributed by atoms with Gasteiger partial charge in [0.1, 0.15) is 0 Å². The first kappa shape index (κ1) is 20.6. The highest BCUT2D eigenvalue weighted by Crippen LogP contribution is 2.04. The Kier molecular flexibility index (Phi) is 10.7. The van der Waals surface area contributed by atoms with Crippen molar-refractivity contribution in [2.45, 2.75) is 12.8 Å². The molecule has 0 heterocycles. The van der Waals surface area contributed by atoms with E-state index < -0.39 is 0 Å². The molecule has 0 aliphatic heterocycles. The summed E-state index contributed by atoms with van der Waals surface area (Å²) >= 11 is 0. The van der Waals surface area contributed by atoms with Crippen LogP contribution in [-0.2, 0) is 12.8 Å². The van der Waals surface area contributed by atoms with Crippen LogP contribution in [-0.4, -0.2) is 57.3 Å². The van der Waals surface area contributed by atoms with Gasteiger partial charge in [0.2, 0.25) is 0 Å². The molecule has 0 radical (unpaired) electrons. The normalized spacial score (nSPS) is 11.2. The minimum Gasteiger partial charge on any atom is -0.329 e. The maximum atomic E-state index is 5.48. The third-order valence-corrected chi connectivity index (χ3v) is 4.52. The Balaban J connectivity index is 1.72. The number of hydrogen-bond acceptors (Lipinski definition) is 4. The van der Waals surface area contributed by atoms with E-state index in [0.717, 1.165) is 58.7 Å². The highest BCUT2D eigenvalue weighted by atomic mass is 15.1. The molecule has 0 spiro atoms. The van der Waals surface area contributed by atoms with Crippen molar-refractivity contribution in [3.8, 4) is 0 Å². The summed E-state index contributed by atoms with van der Waals surface area (Å²) in [5.74, 6) is 0. The third kappa shape index (κ3) is 9.11. The van der Waals surface area contributed by atoms with Crippen LogP contribution in [0.25, 0.3) is 0 Å². The van der Waals surface area contributed by atoms with Gasteiger partial charge in [0, 0.05) is 52.4 Å². The average Bonchev–Trinajstić information content (AvgIpc) is 2.70. The second-order valence-corrected chi connectivity index (χ2v) is 6.60. The number of nitrogens with one attached hydrogen (secondary N) is 2. The lowest BCUT2D eigenvalue weighted by molar-refractivity contribution is 0.279. The molecule has 0 bridgehead atoms. The zero-order valence-electron chi connectivity index (χ0n) is 15.9. The Morgan fingerprint density at radius 3 is 1.62 bits per heavy atom. The van der Waals surface area contributed by atoms with Crippen LogP contribution in [0.2, 0.25) is 0 Å². The van der Waals surface area contributed by atoms with Gasteiger partial charge in [0.15, 0.2) is 0 Å². The van der Waals surface area contributed by atoms with Crippen molar-refractivity contribution in [3.05, 3.63) is 71.8 Å². The Morgan fingerprint density at radius 1 is 0.615 bits per heavy atom. The van der Waals surface area contributed by atoms with Crippen LogP contribution >= 0.6 is 0 Å². The number of nitrogens with two attached hydrogens (primary N) is 1. The molecule has 0 aromatic heterocycles. The summed E-state index contributed by atoms with van der Waals surface area (Å²) in [6.07, 6.45) is 2.21. The van der Waals surface area contributed by atoms with Crippen molar-refractivity contribution in [2.75, 3.05) is 52.4 Å². The highest BCUT2D eigenvalue weighted by molar-refractivity contribution is 5.16. The van der Waals surface area contributed by atoms with E-state index >= 15 is 0 Å². The smallest absolute Gasteiger partial charge is 0.0107 e. The van der Waals surface area contributed by atoms with Crippen molar-refractivity contribution in [1.29, 1.82) is 0 Å². The van der Waals surface area contributed by atoms with Crippen LogP contribution in [0.15, 0.2) is 60.7 Å². The lowest BCUT2D eigenvalue weighted by Gasteiger charge is -2.23. The largest absolute Gasteiger partial charge is 0.329 e. The van der Waals surface area contributed by atoms with Gasteiger partial charge in [-0.25, -0.2) is 0 Å². The maximum Gasteiger partial charge on any atom is 0.0107 e. The van der Waals surface area contributed by atoms with Crippen molar-refractivity contribution in [1.82, 2.24) is 15.5 Å². The summed E-state index contributed by atoms with van der Waals surface area (Å²) in [5, 5.41) is 6.84. The average molecular weight is 355 g/mol. The van der Waals surface area contributed by atoms with Crippen molar-refractivity contribution in [3.63, 3.8) is 0 Å². The fraction of sp³-hybridized carbons (Fsp3) is 0.455. The number of nitrogens with zero attached hydrogens (tertiary/aromatic N) is 1. The molecule has 0 unspecified atom stereocenters. The Labute approximate surface area is 158 Å². The minimum atomic E-state index is 0.701. The van der Waals surface area contributed by atoms with Gasteiger partial charge in [-0.3, -0.25) is 0 Å². The Morgan fingerprint density at radius 2 is 1.12 bits per heavy atom. The Bertz CT molecular complexity index is 515. The second-order valence-electron chi connectivity index (χ2n) is 6.60. The standard InChI is InChI=1S/C22H34N4/c23-13-14-24-15-16-25-17-20-26(18-11-21-7-3-1-4-8-21)19-12-22-9-5-2-6-10-22/h1-10,24-25H,11-20,23H2. The molecule has 0 amide bonds. The summed E-state index contributed by atoms with van der Waals surface area (Å²) in [4.78, 5) is 2.57. The van der Waals surface area contributed by atoms with Crippen LogP contribution < -0.4 is 16.4 Å². The van der Waals surface area contributed by atoms with Gasteiger partial charge in [-0.05, 0) is 24.0 Å². The van der Waals surface area contributed by atoms with E-state index in [4.69, 9.17) is 5.73 Å². The lowest BCUT2D eigenvalue weighted by Crippen LogP contribution is -2.37. The molecule has 4 nitrogen and oxygen atoms in total. The fourth-order valence-corrected chi connectivity index (χ4v) is 2.97. The van der Waals surface area contributed by atoms with E-state index in [9.17, 15) is 0 Å². The molecular formula is C22H34N4. The number of benzene rings is 2. The molecule has 26 heavy (non-hydrogen) atoms. The summed E-state index contributed by atoms with van der Waals surface area (Å²) in [7, 11) is 0. The molecular weight excluding hydrogens is 320 g/mol. The molecule has 0 aliphatic rings. The molecule has 2 aromatic rings. The Hall–Kier alpha value is -1.72. The van der Waals surface area contributed by atoms with Gasteiger partial charge in [0.05, 0.1) is 0 Å². The molecule has 0 atom stereocenters. The molecule has 2 rings (SSSR count). The maximum absolute atomic E-state index is 5.48. The zero-order valence-corrected chi connectivity index (χ0v) is 15.9. The van der Waals surface area contributed by atoms with Crippen molar-refractivity contribution >= 4 is 0 Å². The molecule has 2 aromatic carbocycles. The van der Waals surface area contributed by atoms with Crippen LogP contribution in [0.3, 0.4) is 0 Å². The topological polar surface area (TPSA) is 53.3 Å². The molecule has 0 fully saturated rings. The van der Waals surface area contributed by atoms with Crippen LogP contribution in [0.5, 0.6) is 0 Å². The summed E-state index contributed by atoms with van der Waals surface area (Å²) in [6.45, 7) is 7.86. The zero-order chi connectivity index (χ0) is 18.3. The van der Waals surface area contributed by atoms with E-state index in [1.165, 1.54) is 11.1 Å². The molecule has 0 saturated carbocycles. The van der Waals surface area contributed by atoms with E-state index in [2.05, 4.69) is 76.2 Å². The lowest BCUT2D eigenvalue weighted by atomic mass is 10.1. The van der Waals surface area contributed by atoms with E-state index in [1.807, 2.05) is 0 Å². The minimum absolute atomic E-state index is 0.701. The first-order valence-electron chi connectivity index (χ1n) is 9.80. The van der Waals surface area contributed by atoms with Crippen molar-refractivity contribution < 1.29 is 0 Å². The SMILES string of the molecule is NCCNCCNCCN(CCc1ccccc1)CCc1ccccc1. The second kappa shape index (κ2) is 13.5. The van der Waals surface area contributed by atoms with Gasteiger partial charge < -0.3 is 21.3 Å². The summed E-state index contributed by atoms with van der Waals surface area (Å²) in [6, 6.07) is 21.5. The number of hydrogen-bond donors (Lipinski definition) is 3. The van der Waals surface area contributed by atoms with E-state index in [1.54, 1.807) is 0 Å². The molecule has 0 saturated heterocycles. The first-order chi connectivity index (χ1) is 12.9. The van der Waals surface area contributed by atoms with E-state index in [0.29, 0.717) is 6.54 Å². The molecule has 0 aliphatic carbocycles. The van der Waals surface area contributed by atoms with Gasteiger partial charge in [0.25, 0.3) is 0 Å². The quantitative estimate of drug-likeness (QED) is 0.454.